The summed E-state index contributed by atoms with van der Waals surface area (Å²) in [7, 11) is 2.17. The van der Waals surface area contributed by atoms with Gasteiger partial charge in [0.25, 0.3) is 0 Å². The van der Waals surface area contributed by atoms with Gasteiger partial charge in [-0.2, -0.15) is 0 Å². The van der Waals surface area contributed by atoms with E-state index in [4.69, 9.17) is 0 Å². The monoisotopic (exact) mass is 313 g/mol. The molecule has 5 nitrogen and oxygen atoms in total. The first-order chi connectivity index (χ1) is 11.2. The fraction of sp³-hybridized carbons (Fsp3) is 0.556. The largest absolute Gasteiger partial charge is 0.303 e. The normalized spacial score (nSPS) is 17.0. The Kier molecular flexibility index (Phi) is 5.41. The summed E-state index contributed by atoms with van der Waals surface area (Å²) in [6, 6.07) is 10.1. The minimum absolute atomic E-state index is 0.683. The summed E-state index contributed by atoms with van der Waals surface area (Å²) in [5, 5.41) is 8.54. The van der Waals surface area contributed by atoms with Gasteiger partial charge in [0.15, 0.2) is 0 Å². The summed E-state index contributed by atoms with van der Waals surface area (Å²) in [6.45, 7) is 8.04. The summed E-state index contributed by atoms with van der Waals surface area (Å²) < 4.78 is 1.84. The van der Waals surface area contributed by atoms with E-state index in [1.165, 1.54) is 32.5 Å². The molecule has 1 unspecified atom stereocenters. The van der Waals surface area contributed by atoms with Crippen LogP contribution in [0.3, 0.4) is 0 Å². The molecule has 124 valence electrons. The van der Waals surface area contributed by atoms with E-state index in [1.54, 1.807) is 0 Å². The molecule has 1 aliphatic rings. The maximum Gasteiger partial charge on any atom is 0.0971 e. The van der Waals surface area contributed by atoms with E-state index in [0.29, 0.717) is 5.92 Å². The Balaban J connectivity index is 1.49. The van der Waals surface area contributed by atoms with Gasteiger partial charge in [-0.3, -0.25) is 0 Å². The van der Waals surface area contributed by atoms with Crippen LogP contribution in [0.2, 0.25) is 0 Å². The van der Waals surface area contributed by atoms with Crippen LogP contribution in [0.15, 0.2) is 36.5 Å². The first kappa shape index (κ1) is 16.1. The summed E-state index contributed by atoms with van der Waals surface area (Å²) >= 11 is 0. The molecule has 1 aliphatic heterocycles. The van der Waals surface area contributed by atoms with E-state index in [9.17, 15) is 0 Å². The van der Waals surface area contributed by atoms with E-state index in [-0.39, 0.29) is 0 Å². The molecule has 0 saturated carbocycles. The number of likely N-dealkylation sites (tertiary alicyclic amines) is 1. The molecule has 5 heteroatoms. The van der Waals surface area contributed by atoms with Crippen LogP contribution in [0, 0.1) is 5.92 Å². The van der Waals surface area contributed by atoms with Gasteiger partial charge in [-0.25, -0.2) is 4.68 Å². The molecule has 1 saturated heterocycles. The highest BCUT2D eigenvalue weighted by atomic mass is 15.4. The van der Waals surface area contributed by atoms with Crippen LogP contribution in [0.25, 0.3) is 5.69 Å². The second-order valence-electron chi connectivity index (χ2n) is 6.80. The molecule has 0 N–H and O–H groups in total. The zero-order chi connectivity index (χ0) is 16.1. The van der Waals surface area contributed by atoms with Gasteiger partial charge in [0.05, 0.1) is 17.6 Å². The van der Waals surface area contributed by atoms with Crippen LogP contribution in [0.1, 0.15) is 25.5 Å². The fourth-order valence-electron chi connectivity index (χ4n) is 3.41. The molecule has 3 rings (SSSR count). The van der Waals surface area contributed by atoms with E-state index in [1.807, 2.05) is 41.2 Å². The van der Waals surface area contributed by atoms with E-state index in [0.717, 1.165) is 24.5 Å². The highest BCUT2D eigenvalue weighted by molar-refractivity contribution is 5.29. The van der Waals surface area contributed by atoms with Gasteiger partial charge in [-0.05, 0) is 51.0 Å². The SMILES string of the molecule is CC(CN(C)Cc1cn(-c2ccccc2)nn1)CN1CCCC1. The first-order valence-corrected chi connectivity index (χ1v) is 8.58. The lowest BCUT2D eigenvalue weighted by Crippen LogP contribution is -2.32. The second kappa shape index (κ2) is 7.70. The van der Waals surface area contributed by atoms with Crippen LogP contribution in [0.4, 0.5) is 0 Å². The Bertz CT molecular complexity index is 588. The summed E-state index contributed by atoms with van der Waals surface area (Å²) in [6.07, 6.45) is 4.76. The van der Waals surface area contributed by atoms with Gasteiger partial charge in [0.1, 0.15) is 0 Å². The molecule has 1 aromatic carbocycles. The Hall–Kier alpha value is -1.72. The van der Waals surface area contributed by atoms with Gasteiger partial charge >= 0.3 is 0 Å². The van der Waals surface area contributed by atoms with Gasteiger partial charge in [0, 0.05) is 19.6 Å². The fourth-order valence-corrected chi connectivity index (χ4v) is 3.41. The molecule has 0 aliphatic carbocycles. The minimum atomic E-state index is 0.683. The maximum atomic E-state index is 4.30. The molecule has 1 fully saturated rings. The van der Waals surface area contributed by atoms with Crippen molar-refractivity contribution in [1.82, 2.24) is 24.8 Å². The first-order valence-electron chi connectivity index (χ1n) is 8.58. The van der Waals surface area contributed by atoms with E-state index < -0.39 is 0 Å². The Morgan fingerprint density at radius 3 is 2.65 bits per heavy atom. The average Bonchev–Trinajstić information content (AvgIpc) is 3.20. The molecule has 0 radical (unpaired) electrons. The molecule has 23 heavy (non-hydrogen) atoms. The number of rotatable bonds is 7. The van der Waals surface area contributed by atoms with Crippen molar-refractivity contribution in [3.05, 3.63) is 42.2 Å². The molecule has 0 bridgehead atoms. The third-order valence-electron chi connectivity index (χ3n) is 4.39. The van der Waals surface area contributed by atoms with Crippen LogP contribution in [0.5, 0.6) is 0 Å². The van der Waals surface area contributed by atoms with Crippen molar-refractivity contribution in [2.75, 3.05) is 33.2 Å². The van der Waals surface area contributed by atoms with Crippen molar-refractivity contribution in [2.24, 2.45) is 5.92 Å². The minimum Gasteiger partial charge on any atom is -0.303 e. The maximum absolute atomic E-state index is 4.30. The molecule has 2 aromatic rings. The van der Waals surface area contributed by atoms with Crippen molar-refractivity contribution >= 4 is 0 Å². The number of hydrogen-bond donors (Lipinski definition) is 0. The van der Waals surface area contributed by atoms with Gasteiger partial charge < -0.3 is 9.80 Å². The predicted octanol–water partition coefficient (Wildman–Crippen LogP) is 2.43. The Morgan fingerprint density at radius 1 is 1.17 bits per heavy atom. The highest BCUT2D eigenvalue weighted by Crippen LogP contribution is 2.12. The molecule has 0 amide bonds. The highest BCUT2D eigenvalue weighted by Gasteiger charge is 2.16. The number of para-hydroxylation sites is 1. The van der Waals surface area contributed by atoms with Crippen LogP contribution in [-0.2, 0) is 6.54 Å². The van der Waals surface area contributed by atoms with Crippen molar-refractivity contribution in [1.29, 1.82) is 0 Å². The zero-order valence-corrected chi connectivity index (χ0v) is 14.2. The summed E-state index contributed by atoms with van der Waals surface area (Å²) in [5.41, 5.74) is 2.07. The average molecular weight is 313 g/mol. The van der Waals surface area contributed by atoms with Crippen LogP contribution >= 0.6 is 0 Å². The third kappa shape index (κ3) is 4.62. The van der Waals surface area contributed by atoms with Crippen molar-refractivity contribution in [3.63, 3.8) is 0 Å². The number of hydrogen-bond acceptors (Lipinski definition) is 4. The summed E-state index contributed by atoms with van der Waals surface area (Å²) in [4.78, 5) is 4.93. The van der Waals surface area contributed by atoms with Gasteiger partial charge in [0.2, 0.25) is 0 Å². The third-order valence-corrected chi connectivity index (χ3v) is 4.39. The second-order valence-corrected chi connectivity index (χ2v) is 6.80. The van der Waals surface area contributed by atoms with Crippen LogP contribution in [-0.4, -0.2) is 58.0 Å². The predicted molar refractivity (Wildman–Crippen MR) is 92.5 cm³/mol. The van der Waals surface area contributed by atoms with Gasteiger partial charge in [-0.15, -0.1) is 5.10 Å². The molecule has 0 spiro atoms. The number of aromatic nitrogens is 3. The van der Waals surface area contributed by atoms with Crippen molar-refractivity contribution < 1.29 is 0 Å². The lowest BCUT2D eigenvalue weighted by molar-refractivity contribution is 0.220. The molecular formula is C18H27N5. The Morgan fingerprint density at radius 2 is 1.91 bits per heavy atom. The summed E-state index contributed by atoms with van der Waals surface area (Å²) in [5.74, 6) is 0.683. The molecule has 1 atom stereocenters. The van der Waals surface area contributed by atoms with E-state index in [2.05, 4.69) is 34.1 Å². The quantitative estimate of drug-likeness (QED) is 0.787. The number of nitrogens with zero attached hydrogens (tertiary/aromatic N) is 5. The lowest BCUT2D eigenvalue weighted by atomic mass is 10.1. The molecular weight excluding hydrogens is 286 g/mol. The van der Waals surface area contributed by atoms with E-state index >= 15 is 0 Å². The lowest BCUT2D eigenvalue weighted by Gasteiger charge is -2.24. The molecule has 2 heterocycles. The smallest absolute Gasteiger partial charge is 0.0971 e. The van der Waals surface area contributed by atoms with Crippen molar-refractivity contribution in [3.8, 4) is 5.69 Å². The topological polar surface area (TPSA) is 37.2 Å². The molecule has 1 aromatic heterocycles. The Labute approximate surface area is 138 Å². The van der Waals surface area contributed by atoms with Gasteiger partial charge in [-0.1, -0.05) is 30.3 Å². The van der Waals surface area contributed by atoms with Crippen molar-refractivity contribution in [2.45, 2.75) is 26.3 Å². The standard InChI is InChI=1S/C18H27N5/c1-16(13-22-10-6-7-11-22)12-21(2)14-17-15-23(20-19-17)18-8-4-3-5-9-18/h3-5,8-9,15-16H,6-7,10-14H2,1-2H3. The zero-order valence-electron chi connectivity index (χ0n) is 14.2. The number of benzene rings is 1. The van der Waals surface area contributed by atoms with Crippen LogP contribution < -0.4 is 0 Å².